The Morgan fingerprint density at radius 1 is 1.33 bits per heavy atom. The summed E-state index contributed by atoms with van der Waals surface area (Å²) in [5.74, 6) is 0.569. The van der Waals surface area contributed by atoms with Gasteiger partial charge in [0.2, 0.25) is 0 Å². The summed E-state index contributed by atoms with van der Waals surface area (Å²) in [4.78, 5) is 0. The summed E-state index contributed by atoms with van der Waals surface area (Å²) in [6.07, 6.45) is 0. The molecule has 0 fully saturated rings. The van der Waals surface area contributed by atoms with Crippen LogP contribution in [0.4, 0.5) is 0 Å². The topological polar surface area (TPSA) is 21.3 Å². The van der Waals surface area contributed by atoms with Crippen molar-refractivity contribution in [1.82, 2.24) is 5.32 Å². The lowest BCUT2D eigenvalue weighted by atomic mass is 10.1. The number of hydrogen-bond acceptors (Lipinski definition) is 2. The second-order valence-electron chi connectivity index (χ2n) is 4.12. The second kappa shape index (κ2) is 6.59. The highest BCUT2D eigenvalue weighted by Gasteiger charge is 2.01. The van der Waals surface area contributed by atoms with E-state index in [-0.39, 0.29) is 0 Å². The summed E-state index contributed by atoms with van der Waals surface area (Å²) in [7, 11) is 1.75. The average Bonchev–Trinajstić information content (AvgIpc) is 2.21. The predicted octanol–water partition coefficient (Wildman–Crippen LogP) is 2.37. The van der Waals surface area contributed by atoms with E-state index in [1.54, 1.807) is 7.11 Å². The van der Waals surface area contributed by atoms with Gasteiger partial charge < -0.3 is 10.1 Å². The van der Waals surface area contributed by atoms with E-state index in [1.165, 1.54) is 11.1 Å². The van der Waals surface area contributed by atoms with Gasteiger partial charge in [0, 0.05) is 26.8 Å². The van der Waals surface area contributed by atoms with Crippen molar-refractivity contribution in [2.75, 3.05) is 20.3 Å². The first kappa shape index (κ1) is 12.2. The minimum atomic E-state index is 0.569. The van der Waals surface area contributed by atoms with E-state index < -0.39 is 0 Å². The highest BCUT2D eigenvalue weighted by Crippen LogP contribution is 2.06. The molecule has 84 valence electrons. The molecule has 1 N–H and O–H groups in total. The number of aryl methyl sites for hydroxylation is 1. The summed E-state index contributed by atoms with van der Waals surface area (Å²) in [5.41, 5.74) is 2.73. The predicted molar refractivity (Wildman–Crippen MR) is 63.9 cm³/mol. The Morgan fingerprint density at radius 3 is 2.73 bits per heavy atom. The molecular formula is C13H21NO. The third-order valence-corrected chi connectivity index (χ3v) is 2.52. The summed E-state index contributed by atoms with van der Waals surface area (Å²) < 4.78 is 5.09. The molecule has 0 spiro atoms. The first-order valence-corrected chi connectivity index (χ1v) is 5.48. The van der Waals surface area contributed by atoms with Gasteiger partial charge in [0.1, 0.15) is 0 Å². The lowest BCUT2D eigenvalue weighted by molar-refractivity contribution is 0.158. The van der Waals surface area contributed by atoms with Gasteiger partial charge in [0.25, 0.3) is 0 Å². The van der Waals surface area contributed by atoms with Crippen molar-refractivity contribution in [3.63, 3.8) is 0 Å². The Labute approximate surface area is 92.6 Å². The van der Waals surface area contributed by atoms with Gasteiger partial charge in [-0.15, -0.1) is 0 Å². The van der Waals surface area contributed by atoms with E-state index in [2.05, 4.69) is 43.4 Å². The fourth-order valence-corrected chi connectivity index (χ4v) is 1.61. The molecule has 1 aromatic rings. The van der Waals surface area contributed by atoms with Crippen LogP contribution in [0.25, 0.3) is 0 Å². The molecule has 0 bridgehead atoms. The number of ether oxygens (including phenoxy) is 1. The number of nitrogens with one attached hydrogen (secondary N) is 1. The van der Waals surface area contributed by atoms with Crippen LogP contribution in [0.3, 0.4) is 0 Å². The summed E-state index contributed by atoms with van der Waals surface area (Å²) in [6, 6.07) is 8.48. The van der Waals surface area contributed by atoms with Crippen molar-refractivity contribution in [2.24, 2.45) is 5.92 Å². The van der Waals surface area contributed by atoms with Crippen LogP contribution in [-0.2, 0) is 11.3 Å². The Morgan fingerprint density at radius 2 is 2.07 bits per heavy atom. The lowest BCUT2D eigenvalue weighted by Crippen LogP contribution is -2.23. The Bertz CT molecular complexity index is 286. The molecule has 15 heavy (non-hydrogen) atoms. The van der Waals surface area contributed by atoms with Crippen molar-refractivity contribution in [2.45, 2.75) is 20.4 Å². The number of methoxy groups -OCH3 is 1. The summed E-state index contributed by atoms with van der Waals surface area (Å²) in [6.45, 7) is 7.10. The molecule has 0 heterocycles. The van der Waals surface area contributed by atoms with Crippen LogP contribution in [0.2, 0.25) is 0 Å². The monoisotopic (exact) mass is 207 g/mol. The van der Waals surface area contributed by atoms with Crippen LogP contribution >= 0.6 is 0 Å². The molecule has 0 saturated carbocycles. The van der Waals surface area contributed by atoms with E-state index in [9.17, 15) is 0 Å². The summed E-state index contributed by atoms with van der Waals surface area (Å²) >= 11 is 0. The smallest absolute Gasteiger partial charge is 0.0499 e. The number of rotatable bonds is 6. The van der Waals surface area contributed by atoms with Crippen LogP contribution in [0.1, 0.15) is 18.1 Å². The molecule has 1 aromatic carbocycles. The van der Waals surface area contributed by atoms with Crippen molar-refractivity contribution in [3.05, 3.63) is 35.4 Å². The van der Waals surface area contributed by atoms with Gasteiger partial charge in [-0.3, -0.25) is 0 Å². The van der Waals surface area contributed by atoms with Crippen LogP contribution in [0.15, 0.2) is 24.3 Å². The van der Waals surface area contributed by atoms with Gasteiger partial charge in [-0.2, -0.15) is 0 Å². The normalized spacial score (nSPS) is 12.7. The SMILES string of the molecule is COCC(C)CNCc1ccccc1C. The van der Waals surface area contributed by atoms with Crippen molar-refractivity contribution in [1.29, 1.82) is 0 Å². The maximum atomic E-state index is 5.09. The van der Waals surface area contributed by atoms with E-state index >= 15 is 0 Å². The molecule has 0 saturated heterocycles. The quantitative estimate of drug-likeness (QED) is 0.773. The van der Waals surface area contributed by atoms with Gasteiger partial charge in [0.15, 0.2) is 0 Å². The first-order valence-electron chi connectivity index (χ1n) is 5.48. The molecule has 1 unspecified atom stereocenters. The van der Waals surface area contributed by atoms with E-state index in [4.69, 9.17) is 4.74 Å². The Kier molecular flexibility index (Phi) is 5.37. The molecule has 2 heteroatoms. The molecule has 0 aromatic heterocycles. The van der Waals surface area contributed by atoms with Gasteiger partial charge in [-0.05, 0) is 24.0 Å². The Hall–Kier alpha value is -0.860. The first-order chi connectivity index (χ1) is 7.24. The second-order valence-corrected chi connectivity index (χ2v) is 4.12. The fourth-order valence-electron chi connectivity index (χ4n) is 1.61. The molecule has 0 aliphatic carbocycles. The van der Waals surface area contributed by atoms with Gasteiger partial charge in [0.05, 0.1) is 0 Å². The summed E-state index contributed by atoms with van der Waals surface area (Å²) in [5, 5.41) is 3.45. The third kappa shape index (κ3) is 4.45. The van der Waals surface area contributed by atoms with Crippen LogP contribution in [0, 0.1) is 12.8 Å². The zero-order chi connectivity index (χ0) is 11.1. The van der Waals surface area contributed by atoms with E-state index in [0.717, 1.165) is 19.7 Å². The van der Waals surface area contributed by atoms with Crippen LogP contribution in [0.5, 0.6) is 0 Å². The molecule has 1 atom stereocenters. The minimum Gasteiger partial charge on any atom is -0.384 e. The number of hydrogen-bond donors (Lipinski definition) is 1. The lowest BCUT2D eigenvalue weighted by Gasteiger charge is -2.12. The molecule has 0 amide bonds. The molecule has 0 aliphatic heterocycles. The fraction of sp³-hybridized carbons (Fsp3) is 0.538. The molecule has 0 aliphatic rings. The van der Waals surface area contributed by atoms with Crippen molar-refractivity contribution >= 4 is 0 Å². The number of benzene rings is 1. The maximum Gasteiger partial charge on any atom is 0.0499 e. The van der Waals surface area contributed by atoms with Crippen molar-refractivity contribution < 1.29 is 4.74 Å². The Balaban J connectivity index is 2.29. The molecule has 0 radical (unpaired) electrons. The average molecular weight is 207 g/mol. The highest BCUT2D eigenvalue weighted by atomic mass is 16.5. The maximum absolute atomic E-state index is 5.09. The van der Waals surface area contributed by atoms with Gasteiger partial charge in [-0.25, -0.2) is 0 Å². The molecule has 1 rings (SSSR count). The van der Waals surface area contributed by atoms with Gasteiger partial charge in [-0.1, -0.05) is 31.2 Å². The van der Waals surface area contributed by atoms with Gasteiger partial charge >= 0.3 is 0 Å². The minimum absolute atomic E-state index is 0.569. The standard InChI is InChI=1S/C13H21NO/c1-11(10-15-3)8-14-9-13-7-5-4-6-12(13)2/h4-7,11,14H,8-10H2,1-3H3. The third-order valence-electron chi connectivity index (χ3n) is 2.52. The molecule has 2 nitrogen and oxygen atoms in total. The zero-order valence-corrected chi connectivity index (χ0v) is 9.92. The molecular weight excluding hydrogens is 186 g/mol. The van der Waals surface area contributed by atoms with E-state index in [1.807, 2.05) is 0 Å². The van der Waals surface area contributed by atoms with Crippen molar-refractivity contribution in [3.8, 4) is 0 Å². The highest BCUT2D eigenvalue weighted by molar-refractivity contribution is 5.25. The van der Waals surface area contributed by atoms with Crippen LogP contribution < -0.4 is 5.32 Å². The largest absolute Gasteiger partial charge is 0.384 e. The van der Waals surface area contributed by atoms with E-state index in [0.29, 0.717) is 5.92 Å². The zero-order valence-electron chi connectivity index (χ0n) is 9.92. The van der Waals surface area contributed by atoms with Crippen LogP contribution in [-0.4, -0.2) is 20.3 Å².